The van der Waals surface area contributed by atoms with Crippen LogP contribution < -0.4 is 0 Å². The summed E-state index contributed by atoms with van der Waals surface area (Å²) in [5.41, 5.74) is 3.55. The Labute approximate surface area is 132 Å². The van der Waals surface area contributed by atoms with Gasteiger partial charge in [0.05, 0.1) is 16.4 Å². The number of halogens is 2. The first kappa shape index (κ1) is 14.5. The lowest BCUT2D eigenvalue weighted by Gasteiger charge is -2.10. The largest absolute Gasteiger partial charge is 0.326 e. The van der Waals surface area contributed by atoms with Crippen LogP contribution in [0.2, 0.25) is 0 Å². The average molecular weight is 323 g/mol. The molecule has 3 rings (SSSR count). The second-order valence-electron chi connectivity index (χ2n) is 5.21. The van der Waals surface area contributed by atoms with Gasteiger partial charge in [-0.15, -0.1) is 11.6 Å². The molecule has 0 saturated heterocycles. The van der Waals surface area contributed by atoms with Crippen LogP contribution in [0.5, 0.6) is 0 Å². The topological polar surface area (TPSA) is 17.8 Å². The molecule has 2 aromatic heterocycles. The molecule has 110 valence electrons. The van der Waals surface area contributed by atoms with Crippen LogP contribution >= 0.6 is 22.9 Å². The highest BCUT2D eigenvalue weighted by molar-refractivity contribution is 7.07. The molecule has 1 unspecified atom stereocenters. The van der Waals surface area contributed by atoms with E-state index in [0.29, 0.717) is 11.1 Å². The molecule has 1 aromatic carbocycles. The summed E-state index contributed by atoms with van der Waals surface area (Å²) in [4.78, 5) is 4.51. The Morgan fingerprint density at radius 1 is 1.43 bits per heavy atom. The zero-order valence-electron chi connectivity index (χ0n) is 11.9. The van der Waals surface area contributed by atoms with Crippen molar-refractivity contribution in [1.82, 2.24) is 9.55 Å². The number of aryl methyl sites for hydroxylation is 3. The number of hydrogen-bond acceptors (Lipinski definition) is 2. The van der Waals surface area contributed by atoms with Crippen LogP contribution in [0.25, 0.3) is 11.0 Å². The normalized spacial score (nSPS) is 13.0. The molecule has 0 aliphatic carbocycles. The molecule has 0 amide bonds. The van der Waals surface area contributed by atoms with Gasteiger partial charge in [0.25, 0.3) is 0 Å². The fourth-order valence-electron chi connectivity index (χ4n) is 2.48. The number of alkyl halides is 1. The van der Waals surface area contributed by atoms with E-state index in [9.17, 15) is 4.39 Å². The standard InChI is InChI=1S/C16H16ClFN2S/c1-10-7-15-14(8-13(10)18)19-16(11(2)17)20(15)5-3-12-4-6-21-9-12/h4,6-9,11H,3,5H2,1-2H3. The van der Waals surface area contributed by atoms with Crippen LogP contribution in [0, 0.1) is 12.7 Å². The van der Waals surface area contributed by atoms with E-state index in [1.54, 1.807) is 18.3 Å². The van der Waals surface area contributed by atoms with Crippen LogP contribution in [-0.4, -0.2) is 9.55 Å². The minimum atomic E-state index is -0.223. The molecular weight excluding hydrogens is 307 g/mol. The third-order valence-corrected chi connectivity index (χ3v) is 4.55. The van der Waals surface area contributed by atoms with E-state index in [0.717, 1.165) is 24.3 Å². The fraction of sp³-hybridized carbons (Fsp3) is 0.312. The van der Waals surface area contributed by atoms with Gasteiger partial charge in [-0.2, -0.15) is 11.3 Å². The molecule has 0 N–H and O–H groups in total. The zero-order chi connectivity index (χ0) is 15.0. The molecule has 0 bridgehead atoms. The first-order valence-corrected chi connectivity index (χ1v) is 8.25. The summed E-state index contributed by atoms with van der Waals surface area (Å²) in [6, 6.07) is 5.47. The average Bonchev–Trinajstić information content (AvgIpc) is 3.05. The van der Waals surface area contributed by atoms with Gasteiger partial charge in [-0.25, -0.2) is 9.37 Å². The van der Waals surface area contributed by atoms with Crippen molar-refractivity contribution in [1.29, 1.82) is 0 Å². The van der Waals surface area contributed by atoms with Crippen molar-refractivity contribution in [2.24, 2.45) is 0 Å². The van der Waals surface area contributed by atoms with Crippen molar-refractivity contribution < 1.29 is 4.39 Å². The summed E-state index contributed by atoms with van der Waals surface area (Å²) < 4.78 is 15.8. The smallest absolute Gasteiger partial charge is 0.128 e. The Morgan fingerprint density at radius 3 is 2.90 bits per heavy atom. The second-order valence-corrected chi connectivity index (χ2v) is 6.64. The Hall–Kier alpha value is -1.39. The maximum absolute atomic E-state index is 13.7. The lowest BCUT2D eigenvalue weighted by atomic mass is 10.2. The number of thiophene rings is 1. The predicted molar refractivity (Wildman–Crippen MR) is 86.7 cm³/mol. The molecule has 0 saturated carbocycles. The van der Waals surface area contributed by atoms with Gasteiger partial charge in [0.15, 0.2) is 0 Å². The highest BCUT2D eigenvalue weighted by atomic mass is 35.5. The number of fused-ring (bicyclic) bond motifs is 1. The Kier molecular flexibility index (Phi) is 4.00. The first-order chi connectivity index (χ1) is 10.1. The number of imidazole rings is 1. The number of rotatable bonds is 4. The molecule has 0 spiro atoms. The van der Waals surface area contributed by atoms with Gasteiger partial charge < -0.3 is 4.57 Å². The highest BCUT2D eigenvalue weighted by Gasteiger charge is 2.16. The molecule has 21 heavy (non-hydrogen) atoms. The third kappa shape index (κ3) is 2.83. The van der Waals surface area contributed by atoms with Crippen LogP contribution in [0.4, 0.5) is 4.39 Å². The molecule has 1 atom stereocenters. The van der Waals surface area contributed by atoms with Crippen molar-refractivity contribution in [3.8, 4) is 0 Å². The van der Waals surface area contributed by atoms with Gasteiger partial charge >= 0.3 is 0 Å². The van der Waals surface area contributed by atoms with E-state index in [1.165, 1.54) is 11.6 Å². The Morgan fingerprint density at radius 2 is 2.24 bits per heavy atom. The quantitative estimate of drug-likeness (QED) is 0.612. The molecular formula is C16H16ClFN2S. The fourth-order valence-corrected chi connectivity index (χ4v) is 3.35. The summed E-state index contributed by atoms with van der Waals surface area (Å²) in [7, 11) is 0. The third-order valence-electron chi connectivity index (χ3n) is 3.62. The van der Waals surface area contributed by atoms with Crippen molar-refractivity contribution in [2.75, 3.05) is 0 Å². The van der Waals surface area contributed by atoms with E-state index in [1.807, 2.05) is 13.0 Å². The second kappa shape index (κ2) is 5.78. The van der Waals surface area contributed by atoms with Gasteiger partial charge in [0.2, 0.25) is 0 Å². The molecule has 5 heteroatoms. The van der Waals surface area contributed by atoms with E-state index >= 15 is 0 Å². The minimum Gasteiger partial charge on any atom is -0.326 e. The van der Waals surface area contributed by atoms with Crippen LogP contribution in [-0.2, 0) is 13.0 Å². The van der Waals surface area contributed by atoms with Crippen molar-refractivity contribution in [2.45, 2.75) is 32.2 Å². The number of nitrogens with zero attached hydrogens (tertiary/aromatic N) is 2. The molecule has 2 nitrogen and oxygen atoms in total. The number of benzene rings is 1. The summed E-state index contributed by atoms with van der Waals surface area (Å²) in [6.45, 7) is 4.46. The lowest BCUT2D eigenvalue weighted by molar-refractivity contribution is 0.620. The number of hydrogen-bond donors (Lipinski definition) is 0. The maximum Gasteiger partial charge on any atom is 0.128 e. The van der Waals surface area contributed by atoms with Gasteiger partial charge in [-0.05, 0) is 54.3 Å². The van der Waals surface area contributed by atoms with E-state index < -0.39 is 0 Å². The lowest BCUT2D eigenvalue weighted by Crippen LogP contribution is -2.06. The Bertz CT molecular complexity index is 762. The van der Waals surface area contributed by atoms with E-state index in [-0.39, 0.29) is 11.2 Å². The first-order valence-electron chi connectivity index (χ1n) is 6.87. The Balaban J connectivity index is 2.04. The predicted octanol–water partition coefficient (Wildman–Crippen LogP) is 5.09. The molecule has 2 heterocycles. The minimum absolute atomic E-state index is 0.205. The van der Waals surface area contributed by atoms with Crippen LogP contribution in [0.1, 0.15) is 29.3 Å². The molecule has 0 radical (unpaired) electrons. The summed E-state index contributed by atoms with van der Waals surface area (Å²) in [5, 5.41) is 4.02. The highest BCUT2D eigenvalue weighted by Crippen LogP contribution is 2.27. The number of aromatic nitrogens is 2. The molecule has 0 aliphatic heterocycles. The molecule has 0 aliphatic rings. The molecule has 0 fully saturated rings. The van der Waals surface area contributed by atoms with Crippen molar-refractivity contribution >= 4 is 34.0 Å². The maximum atomic E-state index is 13.7. The van der Waals surface area contributed by atoms with Gasteiger partial charge in [-0.3, -0.25) is 0 Å². The van der Waals surface area contributed by atoms with Crippen LogP contribution in [0.3, 0.4) is 0 Å². The van der Waals surface area contributed by atoms with Gasteiger partial charge in [0.1, 0.15) is 11.6 Å². The monoisotopic (exact) mass is 322 g/mol. The van der Waals surface area contributed by atoms with E-state index in [2.05, 4.69) is 26.4 Å². The van der Waals surface area contributed by atoms with Gasteiger partial charge in [-0.1, -0.05) is 0 Å². The summed E-state index contributed by atoms with van der Waals surface area (Å²) >= 11 is 7.94. The van der Waals surface area contributed by atoms with Crippen molar-refractivity contribution in [3.05, 3.63) is 51.7 Å². The SMILES string of the molecule is Cc1cc2c(cc1F)nc(C(C)Cl)n2CCc1ccsc1. The zero-order valence-corrected chi connectivity index (χ0v) is 13.5. The van der Waals surface area contributed by atoms with Gasteiger partial charge in [0, 0.05) is 12.6 Å². The molecule has 3 aromatic rings. The van der Waals surface area contributed by atoms with E-state index in [4.69, 9.17) is 11.6 Å². The summed E-state index contributed by atoms with van der Waals surface area (Å²) in [6.07, 6.45) is 0.919. The van der Waals surface area contributed by atoms with Crippen molar-refractivity contribution in [3.63, 3.8) is 0 Å². The van der Waals surface area contributed by atoms with Crippen LogP contribution in [0.15, 0.2) is 29.0 Å². The summed E-state index contributed by atoms with van der Waals surface area (Å²) in [5.74, 6) is 0.575.